The number of amides is 1. The topological polar surface area (TPSA) is 57.8 Å². The number of hydrogen-bond donors (Lipinski definition) is 2. The van der Waals surface area contributed by atoms with E-state index >= 15 is 0 Å². The number of hydrogen-bond acceptors (Lipinski definition) is 2. The highest BCUT2D eigenvalue weighted by molar-refractivity contribution is 5.87. The Bertz CT molecular complexity index is 643. The van der Waals surface area contributed by atoms with E-state index in [0.29, 0.717) is 16.9 Å². The van der Waals surface area contributed by atoms with Crippen molar-refractivity contribution in [3.8, 4) is 0 Å². The summed E-state index contributed by atoms with van der Waals surface area (Å²) in [5, 5.41) is 2.69. The number of imidazole rings is 1. The van der Waals surface area contributed by atoms with Crippen molar-refractivity contribution in [2.24, 2.45) is 0 Å². The Morgan fingerprint density at radius 1 is 1.47 bits per heavy atom. The maximum Gasteiger partial charge on any atom is 0.244 e. The fraction of sp³-hybridized carbons (Fsp3) is 0.143. The number of nitrogens with one attached hydrogen (secondary N) is 2. The Kier molecular flexibility index (Phi) is 4.07. The van der Waals surface area contributed by atoms with E-state index in [1.54, 1.807) is 18.2 Å². The molecule has 98 valence electrons. The molecular formula is C14H14FN3O. The summed E-state index contributed by atoms with van der Waals surface area (Å²) < 4.78 is 13.0. The number of carbonyl (C=O) groups excluding carboxylic acids is 1. The number of allylic oxidation sites excluding steroid dienone is 3. The third-order valence-corrected chi connectivity index (χ3v) is 2.47. The van der Waals surface area contributed by atoms with Gasteiger partial charge in [-0.1, -0.05) is 18.2 Å². The lowest BCUT2D eigenvalue weighted by Crippen LogP contribution is -2.20. The molecule has 0 saturated heterocycles. The average Bonchev–Trinajstić information content (AvgIpc) is 2.78. The number of aromatic nitrogens is 2. The van der Waals surface area contributed by atoms with Gasteiger partial charge >= 0.3 is 0 Å². The summed E-state index contributed by atoms with van der Waals surface area (Å²) in [5.41, 5.74) is 1.30. The second-order valence-electron chi connectivity index (χ2n) is 3.95. The molecule has 4 nitrogen and oxygen atoms in total. The molecule has 19 heavy (non-hydrogen) atoms. The molecule has 0 aliphatic heterocycles. The van der Waals surface area contributed by atoms with E-state index in [-0.39, 0.29) is 18.3 Å². The van der Waals surface area contributed by atoms with Gasteiger partial charge in [-0.25, -0.2) is 9.37 Å². The van der Waals surface area contributed by atoms with Crippen molar-refractivity contribution in [1.82, 2.24) is 15.3 Å². The summed E-state index contributed by atoms with van der Waals surface area (Å²) in [6, 6.07) is 4.32. The van der Waals surface area contributed by atoms with E-state index in [9.17, 15) is 9.18 Å². The molecule has 0 unspecified atom stereocenters. The van der Waals surface area contributed by atoms with E-state index < -0.39 is 0 Å². The quantitative estimate of drug-likeness (QED) is 0.654. The van der Waals surface area contributed by atoms with Gasteiger partial charge in [-0.15, -0.1) is 0 Å². The van der Waals surface area contributed by atoms with Gasteiger partial charge in [0.15, 0.2) is 0 Å². The molecule has 2 N–H and O–H groups in total. The minimum Gasteiger partial charge on any atom is -0.345 e. The molecule has 2 rings (SSSR count). The molecular weight excluding hydrogens is 245 g/mol. The molecule has 0 aliphatic rings. The largest absolute Gasteiger partial charge is 0.345 e. The summed E-state index contributed by atoms with van der Waals surface area (Å²) in [6.07, 6.45) is 6.69. The highest BCUT2D eigenvalue weighted by Gasteiger charge is 2.04. The fourth-order valence-corrected chi connectivity index (χ4v) is 1.60. The van der Waals surface area contributed by atoms with Crippen LogP contribution in [0.4, 0.5) is 4.39 Å². The predicted molar refractivity (Wildman–Crippen MR) is 71.9 cm³/mol. The van der Waals surface area contributed by atoms with Crippen molar-refractivity contribution in [3.05, 3.63) is 54.1 Å². The van der Waals surface area contributed by atoms with Gasteiger partial charge in [0, 0.05) is 6.08 Å². The Morgan fingerprint density at radius 2 is 2.32 bits per heavy atom. The summed E-state index contributed by atoms with van der Waals surface area (Å²) in [5.74, 6) is 0.0687. The summed E-state index contributed by atoms with van der Waals surface area (Å²) in [6.45, 7) is 2.14. The fourth-order valence-electron chi connectivity index (χ4n) is 1.60. The second-order valence-corrected chi connectivity index (χ2v) is 3.95. The first-order valence-corrected chi connectivity index (χ1v) is 5.90. The molecule has 0 bridgehead atoms. The average molecular weight is 259 g/mol. The number of halogens is 1. The van der Waals surface area contributed by atoms with Gasteiger partial charge in [-0.3, -0.25) is 4.79 Å². The highest BCUT2D eigenvalue weighted by Crippen LogP contribution is 2.12. The monoisotopic (exact) mass is 259 g/mol. The van der Waals surface area contributed by atoms with Crippen molar-refractivity contribution in [2.45, 2.75) is 13.5 Å². The first-order chi connectivity index (χ1) is 9.19. The van der Waals surface area contributed by atoms with Crippen LogP contribution in [0.15, 0.2) is 42.5 Å². The zero-order chi connectivity index (χ0) is 13.7. The van der Waals surface area contributed by atoms with Crippen LogP contribution in [0.3, 0.4) is 0 Å². The zero-order valence-electron chi connectivity index (χ0n) is 10.5. The van der Waals surface area contributed by atoms with Gasteiger partial charge in [0.25, 0.3) is 0 Å². The molecule has 1 heterocycles. The maximum atomic E-state index is 13.0. The molecule has 0 atom stereocenters. The Morgan fingerprint density at radius 3 is 3.11 bits per heavy atom. The molecule has 0 spiro atoms. The minimum atomic E-state index is -0.318. The van der Waals surface area contributed by atoms with Crippen molar-refractivity contribution >= 4 is 16.9 Å². The zero-order valence-corrected chi connectivity index (χ0v) is 10.5. The first-order valence-electron chi connectivity index (χ1n) is 5.90. The van der Waals surface area contributed by atoms with Crippen LogP contribution in [0.1, 0.15) is 12.7 Å². The van der Waals surface area contributed by atoms with Crippen LogP contribution in [0, 0.1) is 5.82 Å². The van der Waals surface area contributed by atoms with Crippen LogP contribution in [0.5, 0.6) is 0 Å². The van der Waals surface area contributed by atoms with Gasteiger partial charge < -0.3 is 10.3 Å². The van der Waals surface area contributed by atoms with Gasteiger partial charge in [-0.2, -0.15) is 0 Å². The first kappa shape index (κ1) is 13.0. The normalized spacial score (nSPS) is 11.7. The molecule has 0 radical (unpaired) electrons. The Hall–Kier alpha value is -2.43. The van der Waals surface area contributed by atoms with Crippen LogP contribution in [0.25, 0.3) is 11.0 Å². The molecule has 1 amide bonds. The van der Waals surface area contributed by atoms with E-state index in [1.165, 1.54) is 18.2 Å². The molecule has 1 aromatic carbocycles. The van der Waals surface area contributed by atoms with Crippen LogP contribution in [0.2, 0.25) is 0 Å². The van der Waals surface area contributed by atoms with Gasteiger partial charge in [-0.05, 0) is 25.1 Å². The SMILES string of the molecule is C/C=C/C=C\C(=O)NCc1nc2ccc(F)cc2[nH]1. The predicted octanol–water partition coefficient (Wildman–Crippen LogP) is 2.45. The summed E-state index contributed by atoms with van der Waals surface area (Å²) >= 11 is 0. The lowest BCUT2D eigenvalue weighted by Gasteiger charge is -1.97. The van der Waals surface area contributed by atoms with Gasteiger partial charge in [0.2, 0.25) is 5.91 Å². The molecule has 0 fully saturated rings. The lowest BCUT2D eigenvalue weighted by molar-refractivity contribution is -0.116. The number of H-pyrrole nitrogens is 1. The van der Waals surface area contributed by atoms with Crippen molar-refractivity contribution in [3.63, 3.8) is 0 Å². The number of aromatic amines is 1. The van der Waals surface area contributed by atoms with E-state index in [4.69, 9.17) is 0 Å². The van der Waals surface area contributed by atoms with E-state index in [0.717, 1.165) is 0 Å². The van der Waals surface area contributed by atoms with Crippen molar-refractivity contribution < 1.29 is 9.18 Å². The number of nitrogens with zero attached hydrogens (tertiary/aromatic N) is 1. The third-order valence-electron chi connectivity index (χ3n) is 2.47. The molecule has 2 aromatic rings. The van der Waals surface area contributed by atoms with Crippen LogP contribution < -0.4 is 5.32 Å². The highest BCUT2D eigenvalue weighted by atomic mass is 19.1. The standard InChI is InChI=1S/C14H14FN3O/c1-2-3-4-5-14(19)16-9-13-17-11-7-6-10(15)8-12(11)18-13/h2-8H,9H2,1H3,(H,16,19)(H,17,18)/b3-2+,5-4-. The molecule has 0 saturated carbocycles. The van der Waals surface area contributed by atoms with Gasteiger partial charge in [0.1, 0.15) is 11.6 Å². The second kappa shape index (κ2) is 5.95. The lowest BCUT2D eigenvalue weighted by atomic mass is 10.3. The molecule has 1 aromatic heterocycles. The van der Waals surface area contributed by atoms with Gasteiger partial charge in [0.05, 0.1) is 17.6 Å². The van der Waals surface area contributed by atoms with E-state index in [1.807, 2.05) is 13.0 Å². The molecule has 5 heteroatoms. The van der Waals surface area contributed by atoms with Crippen LogP contribution in [-0.2, 0) is 11.3 Å². The minimum absolute atomic E-state index is 0.204. The van der Waals surface area contributed by atoms with Crippen molar-refractivity contribution in [2.75, 3.05) is 0 Å². The number of fused-ring (bicyclic) bond motifs is 1. The van der Waals surface area contributed by atoms with E-state index in [2.05, 4.69) is 15.3 Å². The smallest absolute Gasteiger partial charge is 0.244 e. The maximum absolute atomic E-state index is 13.0. The number of carbonyl (C=O) groups is 1. The Labute approximate surface area is 110 Å². The van der Waals surface area contributed by atoms with Crippen LogP contribution >= 0.6 is 0 Å². The number of rotatable bonds is 4. The van der Waals surface area contributed by atoms with Crippen molar-refractivity contribution in [1.29, 1.82) is 0 Å². The third kappa shape index (κ3) is 3.51. The number of benzene rings is 1. The molecule has 0 aliphatic carbocycles. The summed E-state index contributed by atoms with van der Waals surface area (Å²) in [4.78, 5) is 18.6. The summed E-state index contributed by atoms with van der Waals surface area (Å²) in [7, 11) is 0. The Balaban J connectivity index is 2.00. The van der Waals surface area contributed by atoms with Crippen LogP contribution in [-0.4, -0.2) is 15.9 Å².